The molecular formula is C14H23NO9S. The van der Waals surface area contributed by atoms with E-state index in [9.17, 15) is 8.42 Å². The van der Waals surface area contributed by atoms with Crippen molar-refractivity contribution in [3.05, 3.63) is 36.4 Å². The molecule has 0 aliphatic rings. The Morgan fingerprint density at radius 1 is 0.920 bits per heavy atom. The third-order valence-electron chi connectivity index (χ3n) is 2.28. The Labute approximate surface area is 146 Å². The first kappa shape index (κ1) is 23.6. The number of hydrogen-bond acceptors (Lipinski definition) is 9. The lowest BCUT2D eigenvalue weighted by Gasteiger charge is -2.17. The molecule has 0 aromatic heterocycles. The summed E-state index contributed by atoms with van der Waals surface area (Å²) in [6.07, 6.45) is 1.59. The van der Waals surface area contributed by atoms with Gasteiger partial charge in [0.1, 0.15) is 0 Å². The smallest absolute Gasteiger partial charge is 0.294 e. The van der Waals surface area contributed by atoms with Crippen LogP contribution in [0.2, 0.25) is 0 Å². The van der Waals surface area contributed by atoms with Crippen LogP contribution >= 0.6 is 0 Å². The Bertz CT molecular complexity index is 543. The molecule has 0 heterocycles. The molecule has 0 atom stereocenters. The van der Waals surface area contributed by atoms with E-state index in [2.05, 4.69) is 6.58 Å². The summed E-state index contributed by atoms with van der Waals surface area (Å²) in [6, 6.07) is 5.78. The van der Waals surface area contributed by atoms with Gasteiger partial charge < -0.3 is 15.3 Å². The van der Waals surface area contributed by atoms with Crippen molar-refractivity contribution in [3.63, 3.8) is 0 Å². The van der Waals surface area contributed by atoms with Gasteiger partial charge in [0.05, 0.1) is 49.9 Å². The number of aliphatic hydroxyl groups excluding tert-OH is 3. The Hall–Kier alpha value is -1.41. The molecule has 1 aromatic carbocycles. The summed E-state index contributed by atoms with van der Waals surface area (Å²) in [5.41, 5.74) is 0.808. The summed E-state index contributed by atoms with van der Waals surface area (Å²) < 4.78 is 29.7. The first-order valence-corrected chi connectivity index (χ1v) is 8.54. The van der Waals surface area contributed by atoms with E-state index < -0.39 is 10.1 Å². The minimum atomic E-state index is -4.06. The largest absolute Gasteiger partial charge is 0.394 e. The third-order valence-corrected chi connectivity index (χ3v) is 3.15. The number of rotatable bonds is 11. The van der Waals surface area contributed by atoms with Crippen molar-refractivity contribution in [2.24, 2.45) is 0 Å². The molecular weight excluding hydrogens is 358 g/mol. The summed E-state index contributed by atoms with van der Waals surface area (Å²) in [4.78, 5) is 14.0. The van der Waals surface area contributed by atoms with Crippen molar-refractivity contribution in [1.29, 1.82) is 0 Å². The second-order valence-corrected chi connectivity index (χ2v) is 5.56. The van der Waals surface area contributed by atoms with Crippen molar-refractivity contribution in [2.75, 3.05) is 39.6 Å². The topological polar surface area (TPSA) is 146 Å². The summed E-state index contributed by atoms with van der Waals surface area (Å²) in [6.45, 7) is 3.01. The molecule has 0 saturated carbocycles. The molecule has 4 N–H and O–H groups in total. The average Bonchev–Trinajstić information content (AvgIpc) is 2.61. The zero-order chi connectivity index (χ0) is 19.1. The molecule has 11 heteroatoms. The molecule has 10 nitrogen and oxygen atoms in total. The van der Waals surface area contributed by atoms with E-state index in [1.54, 1.807) is 18.2 Å². The fourth-order valence-electron chi connectivity index (χ4n) is 1.23. The summed E-state index contributed by atoms with van der Waals surface area (Å²) in [5, 5.41) is 25.9. The predicted octanol–water partition coefficient (Wildman–Crippen LogP) is -0.364. The molecule has 0 spiro atoms. The van der Waals surface area contributed by atoms with Crippen LogP contribution < -0.4 is 0 Å². The van der Waals surface area contributed by atoms with Gasteiger partial charge in [-0.15, -0.1) is 0 Å². The SMILES string of the molecule is C=Cc1ccc(S(=O)(=O)O)cc1.OCCON(OCCO)OCCO. The summed E-state index contributed by atoms with van der Waals surface area (Å²) in [5.74, 6) is 0. The van der Waals surface area contributed by atoms with Gasteiger partial charge in [-0.05, 0) is 17.7 Å². The fourth-order valence-corrected chi connectivity index (χ4v) is 1.71. The van der Waals surface area contributed by atoms with Gasteiger partial charge in [-0.2, -0.15) is 8.42 Å². The first-order chi connectivity index (χ1) is 11.9. The van der Waals surface area contributed by atoms with Crippen LogP contribution in [0.4, 0.5) is 0 Å². The predicted molar refractivity (Wildman–Crippen MR) is 87.3 cm³/mol. The molecule has 0 radical (unpaired) electrons. The standard InChI is InChI=1S/C8H8O3S.C6H15NO6/c1-2-7-3-5-8(6-4-7)12(9,10)11;8-1-4-11-7(12-5-2-9)13-6-3-10/h2-6H,1H2,(H,9,10,11);8-10H,1-6H2. The van der Waals surface area contributed by atoms with Gasteiger partial charge in [-0.1, -0.05) is 24.8 Å². The van der Waals surface area contributed by atoms with Gasteiger partial charge in [-0.25, -0.2) is 14.5 Å². The lowest BCUT2D eigenvalue weighted by atomic mass is 10.2. The van der Waals surface area contributed by atoms with E-state index in [1.807, 2.05) is 0 Å². The maximum Gasteiger partial charge on any atom is 0.294 e. The van der Waals surface area contributed by atoms with E-state index in [-0.39, 0.29) is 44.5 Å². The van der Waals surface area contributed by atoms with Crippen molar-refractivity contribution in [3.8, 4) is 0 Å². The zero-order valence-electron chi connectivity index (χ0n) is 13.5. The lowest BCUT2D eigenvalue weighted by molar-refractivity contribution is -0.527. The molecule has 1 rings (SSSR count). The Kier molecular flexibility index (Phi) is 13.1. The van der Waals surface area contributed by atoms with E-state index in [4.69, 9.17) is 34.4 Å². The molecule has 144 valence electrons. The highest BCUT2D eigenvalue weighted by Crippen LogP contribution is 2.10. The average molecular weight is 381 g/mol. The minimum Gasteiger partial charge on any atom is -0.394 e. The highest BCUT2D eigenvalue weighted by atomic mass is 32.2. The van der Waals surface area contributed by atoms with E-state index in [0.29, 0.717) is 5.39 Å². The molecule has 0 amide bonds. The second kappa shape index (κ2) is 13.8. The summed E-state index contributed by atoms with van der Waals surface area (Å²) >= 11 is 0. The number of benzene rings is 1. The van der Waals surface area contributed by atoms with Crippen LogP contribution in [-0.2, 0) is 24.6 Å². The summed E-state index contributed by atoms with van der Waals surface area (Å²) in [7, 11) is -4.06. The van der Waals surface area contributed by atoms with Crippen LogP contribution in [0.15, 0.2) is 35.7 Å². The van der Waals surface area contributed by atoms with Crippen LogP contribution in [-0.4, -0.2) is 73.3 Å². The van der Waals surface area contributed by atoms with Gasteiger partial charge in [0.15, 0.2) is 0 Å². The minimum absolute atomic E-state index is 0.0108. The normalized spacial score (nSPS) is 11.1. The van der Waals surface area contributed by atoms with Crippen molar-refractivity contribution in [2.45, 2.75) is 4.90 Å². The van der Waals surface area contributed by atoms with Crippen molar-refractivity contribution in [1.82, 2.24) is 5.39 Å². The van der Waals surface area contributed by atoms with Crippen LogP contribution in [0.1, 0.15) is 5.56 Å². The van der Waals surface area contributed by atoms with Gasteiger partial charge in [0, 0.05) is 0 Å². The lowest BCUT2D eigenvalue weighted by Crippen LogP contribution is -2.28. The number of nitrogens with zero attached hydrogens (tertiary/aromatic N) is 1. The van der Waals surface area contributed by atoms with E-state index in [0.717, 1.165) is 5.56 Å². The third kappa shape index (κ3) is 11.7. The highest BCUT2D eigenvalue weighted by molar-refractivity contribution is 7.85. The Morgan fingerprint density at radius 3 is 1.60 bits per heavy atom. The van der Waals surface area contributed by atoms with Crippen LogP contribution in [0, 0.1) is 0 Å². The molecule has 0 aliphatic heterocycles. The molecule has 0 unspecified atom stereocenters. The highest BCUT2D eigenvalue weighted by Gasteiger charge is 2.07. The van der Waals surface area contributed by atoms with Crippen LogP contribution in [0.3, 0.4) is 0 Å². The molecule has 0 fully saturated rings. The molecule has 25 heavy (non-hydrogen) atoms. The molecule has 0 saturated heterocycles. The number of aliphatic hydroxyl groups is 3. The monoisotopic (exact) mass is 381 g/mol. The van der Waals surface area contributed by atoms with Crippen LogP contribution in [0.5, 0.6) is 0 Å². The van der Waals surface area contributed by atoms with Gasteiger partial charge >= 0.3 is 0 Å². The zero-order valence-corrected chi connectivity index (χ0v) is 14.3. The van der Waals surface area contributed by atoms with Gasteiger partial charge in [0.2, 0.25) is 0 Å². The maximum atomic E-state index is 10.6. The first-order valence-electron chi connectivity index (χ1n) is 7.10. The quantitative estimate of drug-likeness (QED) is 0.296. The Morgan fingerprint density at radius 2 is 1.32 bits per heavy atom. The van der Waals surface area contributed by atoms with E-state index in [1.165, 1.54) is 12.1 Å². The van der Waals surface area contributed by atoms with Gasteiger partial charge in [-0.3, -0.25) is 4.55 Å². The second-order valence-electron chi connectivity index (χ2n) is 4.14. The molecule has 0 bridgehead atoms. The van der Waals surface area contributed by atoms with Crippen LogP contribution in [0.25, 0.3) is 6.08 Å². The Balaban J connectivity index is 0.000000462. The maximum absolute atomic E-state index is 10.6. The fraction of sp³-hybridized carbons (Fsp3) is 0.429. The molecule has 0 aliphatic carbocycles. The van der Waals surface area contributed by atoms with Crippen molar-refractivity contribution >= 4 is 16.2 Å². The van der Waals surface area contributed by atoms with Crippen molar-refractivity contribution < 1.29 is 42.8 Å². The molecule has 1 aromatic rings. The van der Waals surface area contributed by atoms with E-state index >= 15 is 0 Å². The number of hydrogen-bond donors (Lipinski definition) is 4. The van der Waals surface area contributed by atoms with Gasteiger partial charge in [0.25, 0.3) is 10.1 Å².